The molecule has 3 nitrogen and oxygen atoms in total. The van der Waals surface area contributed by atoms with E-state index in [0.29, 0.717) is 11.7 Å². The lowest BCUT2D eigenvalue weighted by molar-refractivity contribution is -0.125. The van der Waals surface area contributed by atoms with Crippen molar-refractivity contribution in [2.24, 2.45) is 11.8 Å². The minimum atomic E-state index is -0.0203. The Kier molecular flexibility index (Phi) is 5.09. The first-order valence-electron chi connectivity index (χ1n) is 5.67. The Bertz CT molecular complexity index is 213. The van der Waals surface area contributed by atoms with Crippen molar-refractivity contribution in [3.63, 3.8) is 0 Å². The number of rotatable bonds is 5. The highest BCUT2D eigenvalue weighted by Crippen LogP contribution is 2.16. The van der Waals surface area contributed by atoms with Gasteiger partial charge in [0.1, 0.15) is 5.50 Å². The van der Waals surface area contributed by atoms with Crippen LogP contribution >= 0.6 is 11.8 Å². The third kappa shape index (κ3) is 3.78. The number of ketones is 1. The molecule has 1 unspecified atom stereocenters. The largest absolute Gasteiger partial charge is 0.298 e. The van der Waals surface area contributed by atoms with Crippen molar-refractivity contribution >= 4 is 17.5 Å². The van der Waals surface area contributed by atoms with Gasteiger partial charge in [-0.1, -0.05) is 27.7 Å². The molecule has 0 radical (unpaired) electrons. The Morgan fingerprint density at radius 3 is 2.47 bits per heavy atom. The van der Waals surface area contributed by atoms with Crippen LogP contribution in [0.3, 0.4) is 0 Å². The molecular formula is C11H22N2OS. The Morgan fingerprint density at radius 2 is 2.07 bits per heavy atom. The van der Waals surface area contributed by atoms with Crippen LogP contribution < -0.4 is 10.6 Å². The lowest BCUT2D eigenvalue weighted by atomic mass is 9.93. The van der Waals surface area contributed by atoms with E-state index in [2.05, 4.69) is 24.5 Å². The van der Waals surface area contributed by atoms with Crippen LogP contribution in [0.15, 0.2) is 0 Å². The van der Waals surface area contributed by atoms with Gasteiger partial charge in [-0.05, 0) is 5.92 Å². The molecule has 1 rings (SSSR count). The van der Waals surface area contributed by atoms with Crippen LogP contribution in [-0.4, -0.2) is 29.6 Å². The summed E-state index contributed by atoms with van der Waals surface area (Å²) in [6, 6.07) is -0.0203. The summed E-state index contributed by atoms with van der Waals surface area (Å²) in [5.41, 5.74) is 0.250. The maximum atomic E-state index is 12.0. The average Bonchev–Trinajstić information content (AvgIpc) is 2.64. The van der Waals surface area contributed by atoms with Crippen molar-refractivity contribution in [2.45, 2.75) is 39.2 Å². The van der Waals surface area contributed by atoms with E-state index in [0.717, 1.165) is 12.3 Å². The molecule has 88 valence electrons. The molecule has 4 heteroatoms. The van der Waals surface area contributed by atoms with E-state index >= 15 is 0 Å². The van der Waals surface area contributed by atoms with Gasteiger partial charge in [-0.2, -0.15) is 0 Å². The number of hydrogen-bond donors (Lipinski definition) is 2. The fraction of sp³-hybridized carbons (Fsp3) is 0.909. The standard InChI is InChI=1S/C11H22N2OS/c1-7(2)9(10(14)8(3)4)13-11-12-5-6-15-11/h7-9,11-13H,5-6H2,1-4H3/t9-,11?/m0/s1. The SMILES string of the molecule is CC(C)C(=O)[C@@H](NC1NCCS1)C(C)C. The van der Waals surface area contributed by atoms with Crippen molar-refractivity contribution < 1.29 is 4.79 Å². The molecule has 2 N–H and O–H groups in total. The summed E-state index contributed by atoms with van der Waals surface area (Å²) in [6.45, 7) is 9.15. The van der Waals surface area contributed by atoms with E-state index < -0.39 is 0 Å². The Morgan fingerprint density at radius 1 is 1.40 bits per heavy atom. The minimum absolute atomic E-state index is 0.0203. The van der Waals surface area contributed by atoms with Crippen molar-refractivity contribution in [3.05, 3.63) is 0 Å². The molecular weight excluding hydrogens is 208 g/mol. The maximum absolute atomic E-state index is 12.0. The molecule has 0 aliphatic carbocycles. The molecule has 0 aromatic heterocycles. The summed E-state index contributed by atoms with van der Waals surface area (Å²) >= 11 is 1.84. The second kappa shape index (κ2) is 5.87. The normalized spacial score (nSPS) is 23.7. The van der Waals surface area contributed by atoms with Crippen LogP contribution in [0.2, 0.25) is 0 Å². The highest BCUT2D eigenvalue weighted by Gasteiger charge is 2.27. The van der Waals surface area contributed by atoms with Crippen LogP contribution in [0.5, 0.6) is 0 Å². The lowest BCUT2D eigenvalue weighted by Crippen LogP contribution is -2.50. The molecule has 0 saturated carbocycles. The van der Waals surface area contributed by atoms with Crippen molar-refractivity contribution in [2.75, 3.05) is 12.3 Å². The number of nitrogens with one attached hydrogen (secondary N) is 2. The van der Waals surface area contributed by atoms with Gasteiger partial charge in [0, 0.05) is 18.2 Å². The van der Waals surface area contributed by atoms with Crippen LogP contribution in [-0.2, 0) is 4.79 Å². The van der Waals surface area contributed by atoms with E-state index in [1.807, 2.05) is 25.6 Å². The minimum Gasteiger partial charge on any atom is -0.298 e. The zero-order valence-electron chi connectivity index (χ0n) is 10.0. The highest BCUT2D eigenvalue weighted by molar-refractivity contribution is 8.00. The zero-order chi connectivity index (χ0) is 11.4. The predicted octanol–water partition coefficient (Wildman–Crippen LogP) is 1.45. The summed E-state index contributed by atoms with van der Waals surface area (Å²) in [6.07, 6.45) is 0. The molecule has 2 atom stereocenters. The smallest absolute Gasteiger partial charge is 0.152 e. The van der Waals surface area contributed by atoms with Gasteiger partial charge in [-0.15, -0.1) is 11.8 Å². The van der Waals surface area contributed by atoms with Gasteiger partial charge in [0.2, 0.25) is 0 Å². The van der Waals surface area contributed by atoms with Crippen LogP contribution in [0.4, 0.5) is 0 Å². The molecule has 0 spiro atoms. The van der Waals surface area contributed by atoms with Gasteiger partial charge in [-0.25, -0.2) is 0 Å². The van der Waals surface area contributed by atoms with Gasteiger partial charge in [-0.3, -0.25) is 15.4 Å². The summed E-state index contributed by atoms with van der Waals surface area (Å²) in [4.78, 5) is 12.0. The number of hydrogen-bond acceptors (Lipinski definition) is 4. The Labute approximate surface area is 96.8 Å². The number of thioether (sulfide) groups is 1. The van der Waals surface area contributed by atoms with Crippen molar-refractivity contribution in [3.8, 4) is 0 Å². The molecule has 0 bridgehead atoms. The third-order valence-electron chi connectivity index (χ3n) is 2.59. The van der Waals surface area contributed by atoms with E-state index in [1.165, 1.54) is 0 Å². The van der Waals surface area contributed by atoms with E-state index in [4.69, 9.17) is 0 Å². The van der Waals surface area contributed by atoms with Crippen LogP contribution in [0.1, 0.15) is 27.7 Å². The summed E-state index contributed by atoms with van der Waals surface area (Å²) in [7, 11) is 0. The number of carbonyl (C=O) groups excluding carboxylic acids is 1. The summed E-state index contributed by atoms with van der Waals surface area (Å²) < 4.78 is 0. The lowest BCUT2D eigenvalue weighted by Gasteiger charge is -2.26. The Hall–Kier alpha value is -0.0600. The second-order valence-corrected chi connectivity index (χ2v) is 5.86. The molecule has 1 saturated heterocycles. The highest BCUT2D eigenvalue weighted by atomic mass is 32.2. The van der Waals surface area contributed by atoms with E-state index in [-0.39, 0.29) is 17.5 Å². The van der Waals surface area contributed by atoms with E-state index in [1.54, 1.807) is 0 Å². The van der Waals surface area contributed by atoms with Crippen molar-refractivity contribution in [1.29, 1.82) is 0 Å². The van der Waals surface area contributed by atoms with Gasteiger partial charge in [0.15, 0.2) is 5.78 Å². The first kappa shape index (κ1) is 13.0. The van der Waals surface area contributed by atoms with E-state index in [9.17, 15) is 4.79 Å². The van der Waals surface area contributed by atoms with Crippen LogP contribution in [0.25, 0.3) is 0 Å². The van der Waals surface area contributed by atoms with Crippen LogP contribution in [0, 0.1) is 11.8 Å². The number of Topliss-reactive ketones (excluding diaryl/α,β-unsaturated/α-hetero) is 1. The molecule has 1 heterocycles. The monoisotopic (exact) mass is 230 g/mol. The molecule has 1 aliphatic rings. The Balaban J connectivity index is 2.53. The second-order valence-electron chi connectivity index (χ2n) is 4.65. The molecule has 1 aliphatic heterocycles. The van der Waals surface area contributed by atoms with Gasteiger partial charge in [0.05, 0.1) is 6.04 Å². The molecule has 0 aromatic rings. The zero-order valence-corrected chi connectivity index (χ0v) is 10.9. The fourth-order valence-electron chi connectivity index (χ4n) is 1.66. The molecule has 0 aromatic carbocycles. The third-order valence-corrected chi connectivity index (χ3v) is 3.67. The molecule has 1 fully saturated rings. The molecule has 15 heavy (non-hydrogen) atoms. The maximum Gasteiger partial charge on any atom is 0.152 e. The first-order valence-corrected chi connectivity index (χ1v) is 6.72. The van der Waals surface area contributed by atoms with Gasteiger partial charge in [0.25, 0.3) is 0 Å². The number of carbonyl (C=O) groups is 1. The molecule has 0 amide bonds. The fourth-order valence-corrected chi connectivity index (χ4v) is 2.61. The predicted molar refractivity (Wildman–Crippen MR) is 65.9 cm³/mol. The topological polar surface area (TPSA) is 41.1 Å². The van der Waals surface area contributed by atoms with Gasteiger partial charge >= 0.3 is 0 Å². The first-order chi connectivity index (χ1) is 7.02. The summed E-state index contributed by atoms with van der Waals surface area (Å²) in [5, 5.41) is 6.73. The van der Waals surface area contributed by atoms with Crippen molar-refractivity contribution in [1.82, 2.24) is 10.6 Å². The quantitative estimate of drug-likeness (QED) is 0.750. The summed E-state index contributed by atoms with van der Waals surface area (Å²) in [5.74, 6) is 1.90. The average molecular weight is 230 g/mol. The van der Waals surface area contributed by atoms with Gasteiger partial charge < -0.3 is 0 Å².